The maximum Gasteiger partial charge on any atom is 0.220 e. The Bertz CT molecular complexity index is 2370. The van der Waals surface area contributed by atoms with Gasteiger partial charge in [0.1, 0.15) is 73.2 Å². The van der Waals surface area contributed by atoms with E-state index in [1.54, 1.807) is 0 Å². The number of unbranched alkanes of at least 4 members (excludes halogenated alkanes) is 45. The minimum atomic E-state index is -1.98. The van der Waals surface area contributed by atoms with Crippen molar-refractivity contribution in [1.82, 2.24) is 5.32 Å². The molecule has 0 aromatic carbocycles. The molecule has 0 saturated carbocycles. The molecule has 658 valence electrons. The molecular weight excluding hydrogens is 1430 g/mol. The van der Waals surface area contributed by atoms with Gasteiger partial charge in [-0.3, -0.25) is 4.79 Å². The molecule has 19 heteroatoms. The van der Waals surface area contributed by atoms with Crippen molar-refractivity contribution < 1.29 is 89.4 Å². The predicted octanol–water partition coefficient (Wildman–Crippen LogP) is 18.1. The van der Waals surface area contributed by atoms with Crippen molar-refractivity contribution in [2.75, 3.05) is 26.4 Å². The SMILES string of the molecule is CC/C=C\C/C=C\C/C=C\C/C=C\C/C=C\C/C=C\C/C=C\CCCCCCCCCCCCCCCCCC(=O)NC(COC1OC(CO)C(OC2OC(CO)C(OC3OC(CO)C(O)C(O)C3O)C(O)C2O)C(O)C1O)C(O)CCCCCCCCCCCCCCCCCCCCCCCCCCCCCCCCC. The van der Waals surface area contributed by atoms with Crippen molar-refractivity contribution in [3.8, 4) is 0 Å². The molecule has 0 aliphatic carbocycles. The number of aliphatic hydroxyl groups excluding tert-OH is 11. The molecule has 0 bridgehead atoms. The van der Waals surface area contributed by atoms with Crippen LogP contribution in [0.4, 0.5) is 0 Å². The minimum Gasteiger partial charge on any atom is -0.394 e. The lowest BCUT2D eigenvalue weighted by Crippen LogP contribution is -2.66. The summed E-state index contributed by atoms with van der Waals surface area (Å²) in [5, 5.41) is 121. The summed E-state index contributed by atoms with van der Waals surface area (Å²) in [6, 6.07) is -0.894. The van der Waals surface area contributed by atoms with E-state index in [-0.39, 0.29) is 18.9 Å². The average molecular weight is 1600 g/mol. The monoisotopic (exact) mass is 1600 g/mol. The quantitative estimate of drug-likeness (QED) is 0.0199. The minimum absolute atomic E-state index is 0.240. The van der Waals surface area contributed by atoms with Gasteiger partial charge in [-0.1, -0.05) is 381 Å². The van der Waals surface area contributed by atoms with Gasteiger partial charge in [0, 0.05) is 6.42 Å². The third-order valence-corrected chi connectivity index (χ3v) is 22.7. The number of rotatable bonds is 75. The molecule has 3 fully saturated rings. The Morgan fingerprint density at radius 1 is 0.327 bits per heavy atom. The van der Waals surface area contributed by atoms with Crippen LogP contribution in [0, 0.1) is 0 Å². The van der Waals surface area contributed by atoms with Crippen molar-refractivity contribution in [2.45, 2.75) is 478 Å². The van der Waals surface area contributed by atoms with Gasteiger partial charge in [0.2, 0.25) is 5.91 Å². The van der Waals surface area contributed by atoms with E-state index in [0.717, 1.165) is 96.3 Å². The number of hydrogen-bond donors (Lipinski definition) is 12. The first-order valence-corrected chi connectivity index (χ1v) is 46.3. The predicted molar refractivity (Wildman–Crippen MR) is 457 cm³/mol. The summed E-state index contributed by atoms with van der Waals surface area (Å²) in [7, 11) is 0. The van der Waals surface area contributed by atoms with Gasteiger partial charge >= 0.3 is 0 Å². The van der Waals surface area contributed by atoms with Crippen molar-refractivity contribution in [2.24, 2.45) is 0 Å². The zero-order valence-corrected chi connectivity index (χ0v) is 71.1. The Hall–Kier alpha value is -3.03. The van der Waals surface area contributed by atoms with Crippen LogP contribution in [-0.4, -0.2) is 193 Å². The van der Waals surface area contributed by atoms with Crippen LogP contribution < -0.4 is 5.32 Å². The lowest BCUT2D eigenvalue weighted by Gasteiger charge is -2.48. The summed E-state index contributed by atoms with van der Waals surface area (Å²) in [5.74, 6) is -0.240. The smallest absolute Gasteiger partial charge is 0.220 e. The molecule has 0 aromatic heterocycles. The Balaban J connectivity index is 1.31. The van der Waals surface area contributed by atoms with Gasteiger partial charge in [0.05, 0.1) is 38.6 Å². The Morgan fingerprint density at radius 2 is 0.611 bits per heavy atom. The number of aliphatic hydroxyl groups is 11. The molecule has 113 heavy (non-hydrogen) atoms. The summed E-state index contributed by atoms with van der Waals surface area (Å²) in [5.41, 5.74) is 0. The van der Waals surface area contributed by atoms with Crippen LogP contribution in [0.25, 0.3) is 0 Å². The highest BCUT2D eigenvalue weighted by Crippen LogP contribution is 2.34. The molecule has 3 aliphatic rings. The second-order valence-electron chi connectivity index (χ2n) is 32.7. The Kier molecular flexibility index (Phi) is 67.2. The van der Waals surface area contributed by atoms with E-state index in [9.17, 15) is 61.0 Å². The summed E-state index contributed by atoms with van der Waals surface area (Å²) >= 11 is 0. The van der Waals surface area contributed by atoms with Crippen LogP contribution in [0.15, 0.2) is 85.1 Å². The topological polar surface area (TPSA) is 307 Å². The zero-order chi connectivity index (χ0) is 81.7. The maximum atomic E-state index is 13.6. The van der Waals surface area contributed by atoms with E-state index < -0.39 is 124 Å². The van der Waals surface area contributed by atoms with E-state index >= 15 is 0 Å². The van der Waals surface area contributed by atoms with Gasteiger partial charge < -0.3 is 89.9 Å². The second kappa shape index (κ2) is 72.9. The molecule has 12 N–H and O–H groups in total. The first kappa shape index (κ1) is 104. The fourth-order valence-electron chi connectivity index (χ4n) is 15.4. The highest BCUT2D eigenvalue weighted by atomic mass is 16.8. The number of carbonyl (C=O) groups excluding carboxylic acids is 1. The fourth-order valence-corrected chi connectivity index (χ4v) is 15.4. The lowest BCUT2D eigenvalue weighted by molar-refractivity contribution is -0.379. The number of nitrogens with one attached hydrogen (secondary N) is 1. The van der Waals surface area contributed by atoms with Gasteiger partial charge in [-0.15, -0.1) is 0 Å². The van der Waals surface area contributed by atoms with Crippen molar-refractivity contribution in [1.29, 1.82) is 0 Å². The Morgan fingerprint density at radius 3 is 0.956 bits per heavy atom. The molecule has 1 amide bonds. The van der Waals surface area contributed by atoms with Crippen LogP contribution in [-0.2, 0) is 33.2 Å². The first-order chi connectivity index (χ1) is 55.3. The largest absolute Gasteiger partial charge is 0.394 e. The zero-order valence-electron chi connectivity index (χ0n) is 71.1. The summed E-state index contributed by atoms with van der Waals surface area (Å²) in [4.78, 5) is 13.6. The molecular formula is C94H169NO18. The molecule has 3 aliphatic heterocycles. The molecule has 3 heterocycles. The Labute approximate surface area is 686 Å². The van der Waals surface area contributed by atoms with E-state index in [0.29, 0.717) is 12.8 Å². The molecule has 19 nitrogen and oxygen atoms in total. The van der Waals surface area contributed by atoms with Crippen molar-refractivity contribution >= 4 is 5.91 Å². The van der Waals surface area contributed by atoms with Crippen molar-refractivity contribution in [3.05, 3.63) is 85.1 Å². The third kappa shape index (κ3) is 51.3. The number of hydrogen-bond acceptors (Lipinski definition) is 18. The van der Waals surface area contributed by atoms with Gasteiger partial charge in [0.25, 0.3) is 0 Å². The van der Waals surface area contributed by atoms with E-state index in [2.05, 4.69) is 104 Å². The van der Waals surface area contributed by atoms with Gasteiger partial charge in [0.15, 0.2) is 18.9 Å². The number of amides is 1. The highest BCUT2D eigenvalue weighted by Gasteiger charge is 2.54. The van der Waals surface area contributed by atoms with Crippen LogP contribution in [0.1, 0.15) is 373 Å². The number of allylic oxidation sites excluding steroid dienone is 14. The standard InChI is InChI=1S/C94H169NO18/c1-3-5-7-9-11-13-15-17-19-21-23-25-27-29-31-33-35-36-37-38-39-40-42-44-46-48-50-52-54-56-58-60-62-64-66-68-70-72-82(100)95-77(78(99)71-69-67-65-63-61-59-57-55-53-51-49-47-45-43-41-34-32-30-28-26-24-22-20-18-16-14-12-10-8-6-4-2)76-108-92-88(106)85(103)90(80(74-97)110-92)113-94-89(107)86(104)91(81(75-98)111-94)112-93-87(105)84(102)83(101)79(73-96)109-93/h5,7,11,13,17,19,23,25,29,31,35-36,38-39,77-81,83-94,96-99,101-107H,3-4,6,8-10,12,14-16,18,20-22,24,26-28,30,32-34,37,40-76H2,1-2H3,(H,95,100)/b7-5-,13-11-,19-17-,25-23-,31-29-,36-35-,39-38-. The summed E-state index contributed by atoms with van der Waals surface area (Å²) < 4.78 is 34.6. The molecule has 3 saturated heterocycles. The van der Waals surface area contributed by atoms with Crippen LogP contribution in [0.3, 0.4) is 0 Å². The lowest BCUT2D eigenvalue weighted by atomic mass is 9.96. The molecule has 0 spiro atoms. The van der Waals surface area contributed by atoms with Gasteiger partial charge in [-0.25, -0.2) is 0 Å². The number of ether oxygens (including phenoxy) is 6. The first-order valence-electron chi connectivity index (χ1n) is 46.3. The second-order valence-corrected chi connectivity index (χ2v) is 32.7. The van der Waals surface area contributed by atoms with Crippen molar-refractivity contribution in [3.63, 3.8) is 0 Å². The fraction of sp³-hybridized carbons (Fsp3) is 0.840. The van der Waals surface area contributed by atoms with Gasteiger partial charge in [-0.05, 0) is 70.6 Å². The summed E-state index contributed by atoms with van der Waals surface area (Å²) in [6.45, 7) is 1.74. The summed E-state index contributed by atoms with van der Waals surface area (Å²) in [6.07, 6.45) is 72.6. The third-order valence-electron chi connectivity index (χ3n) is 22.7. The highest BCUT2D eigenvalue weighted by molar-refractivity contribution is 5.76. The van der Waals surface area contributed by atoms with E-state index in [1.165, 1.54) is 244 Å². The molecule has 17 atom stereocenters. The number of carbonyl (C=O) groups is 1. The average Bonchev–Trinajstić information content (AvgIpc) is 0.779. The van der Waals surface area contributed by atoms with Crippen LogP contribution in [0.2, 0.25) is 0 Å². The maximum absolute atomic E-state index is 13.6. The molecule has 17 unspecified atom stereocenters. The van der Waals surface area contributed by atoms with E-state index in [1.807, 2.05) is 0 Å². The van der Waals surface area contributed by atoms with Crippen LogP contribution in [0.5, 0.6) is 0 Å². The van der Waals surface area contributed by atoms with E-state index in [4.69, 9.17) is 28.4 Å². The van der Waals surface area contributed by atoms with Crippen LogP contribution >= 0.6 is 0 Å². The molecule has 0 aromatic rings. The molecule has 0 radical (unpaired) electrons. The van der Waals surface area contributed by atoms with Gasteiger partial charge in [-0.2, -0.15) is 0 Å². The normalized spacial score (nSPS) is 25.2. The molecule has 3 rings (SSSR count).